The van der Waals surface area contributed by atoms with Crippen molar-refractivity contribution >= 4 is 39.9 Å². The lowest BCUT2D eigenvalue weighted by Gasteiger charge is -2.17. The van der Waals surface area contributed by atoms with Crippen LogP contribution in [0.3, 0.4) is 0 Å². The summed E-state index contributed by atoms with van der Waals surface area (Å²) in [6.45, 7) is 3.32. The minimum atomic E-state index is -1.16. The number of carbonyl (C=O) groups is 1. The molecule has 140 valence electrons. The summed E-state index contributed by atoms with van der Waals surface area (Å²) in [7, 11) is 0. The lowest BCUT2D eigenvalue weighted by molar-refractivity contribution is -0.0408. The van der Waals surface area contributed by atoms with Gasteiger partial charge in [0, 0.05) is 9.26 Å². The van der Waals surface area contributed by atoms with Crippen molar-refractivity contribution in [2.45, 2.75) is 26.4 Å². The van der Waals surface area contributed by atoms with Crippen molar-refractivity contribution in [3.63, 3.8) is 0 Å². The maximum absolute atomic E-state index is 14.4. The van der Waals surface area contributed by atoms with Gasteiger partial charge in [0.25, 0.3) is 5.91 Å². The molecule has 0 bridgehead atoms. The Bertz CT molecular complexity index is 798. The average Bonchev–Trinajstić information content (AvgIpc) is 2.61. The Morgan fingerprint density at radius 3 is 2.65 bits per heavy atom. The number of hydrogen-bond donors (Lipinski definition) is 3. The summed E-state index contributed by atoms with van der Waals surface area (Å²) >= 11 is 2.14. The van der Waals surface area contributed by atoms with Crippen LogP contribution in [0.5, 0.6) is 0 Å². The number of anilines is 2. The van der Waals surface area contributed by atoms with Crippen LogP contribution in [-0.4, -0.2) is 23.7 Å². The molecule has 0 spiro atoms. The number of carbonyl (C=O) groups excluding carboxylic acids is 1. The first kappa shape index (κ1) is 20.5. The second-order valence-electron chi connectivity index (χ2n) is 5.63. The van der Waals surface area contributed by atoms with Crippen LogP contribution in [0, 0.1) is 22.1 Å². The van der Waals surface area contributed by atoms with E-state index in [-0.39, 0.29) is 17.9 Å². The van der Waals surface area contributed by atoms with E-state index in [0.29, 0.717) is 12.1 Å². The second-order valence-corrected chi connectivity index (χ2v) is 6.88. The van der Waals surface area contributed by atoms with Crippen LogP contribution in [0.4, 0.5) is 20.2 Å². The maximum atomic E-state index is 14.4. The van der Waals surface area contributed by atoms with Crippen LogP contribution in [0.15, 0.2) is 30.3 Å². The lowest BCUT2D eigenvalue weighted by Crippen LogP contribution is -2.31. The highest BCUT2D eigenvalue weighted by Gasteiger charge is 2.20. The van der Waals surface area contributed by atoms with Gasteiger partial charge in [-0.05, 0) is 71.8 Å². The zero-order chi connectivity index (χ0) is 19.3. The summed E-state index contributed by atoms with van der Waals surface area (Å²) in [4.78, 5) is 17.4. The van der Waals surface area contributed by atoms with E-state index in [9.17, 15) is 13.6 Å². The monoisotopic (exact) mass is 476 g/mol. The number of benzene rings is 2. The number of hydrogen-bond acceptors (Lipinski definition) is 4. The molecule has 0 radical (unpaired) electrons. The smallest absolute Gasteiger partial charge is 0.277 e. The molecular weight excluding hydrogens is 457 g/mol. The van der Waals surface area contributed by atoms with E-state index in [2.05, 4.69) is 33.4 Å². The highest BCUT2D eigenvalue weighted by atomic mass is 127. The number of halogens is 3. The summed E-state index contributed by atoms with van der Waals surface area (Å²) in [5, 5.41) is 11.9. The minimum absolute atomic E-state index is 0.116. The molecule has 0 fully saturated rings. The summed E-state index contributed by atoms with van der Waals surface area (Å²) in [6.07, 6.45) is -0.110. The predicted molar refractivity (Wildman–Crippen MR) is 103 cm³/mol. The van der Waals surface area contributed by atoms with Gasteiger partial charge in [0.15, 0.2) is 11.6 Å². The Balaban J connectivity index is 2.32. The van der Waals surface area contributed by atoms with E-state index in [1.807, 2.05) is 19.1 Å². The minimum Gasteiger partial charge on any atom is -0.394 e. The van der Waals surface area contributed by atoms with Gasteiger partial charge in [-0.2, -0.15) is 0 Å². The lowest BCUT2D eigenvalue weighted by atomic mass is 10.1. The molecule has 1 atom stereocenters. The van der Waals surface area contributed by atoms with Gasteiger partial charge in [-0.25, -0.2) is 14.3 Å². The van der Waals surface area contributed by atoms with Crippen LogP contribution < -0.4 is 10.8 Å². The van der Waals surface area contributed by atoms with Gasteiger partial charge in [-0.15, -0.1) is 0 Å². The first-order valence-electron chi connectivity index (χ1n) is 7.95. The molecule has 1 amide bonds. The van der Waals surface area contributed by atoms with E-state index in [0.717, 1.165) is 15.2 Å². The van der Waals surface area contributed by atoms with Crippen LogP contribution in [0.1, 0.15) is 29.3 Å². The fourth-order valence-corrected chi connectivity index (χ4v) is 2.85. The largest absolute Gasteiger partial charge is 0.394 e. The number of aryl methyl sites for hydroxylation is 1. The molecule has 0 aromatic heterocycles. The van der Waals surface area contributed by atoms with Gasteiger partial charge < -0.3 is 10.4 Å². The number of amides is 1. The van der Waals surface area contributed by atoms with E-state index >= 15 is 0 Å². The number of aliphatic hydroxyl groups is 1. The highest BCUT2D eigenvalue weighted by Crippen LogP contribution is 2.28. The third kappa shape index (κ3) is 4.89. The zero-order valence-electron chi connectivity index (χ0n) is 14.3. The molecule has 3 N–H and O–H groups in total. The molecule has 0 saturated heterocycles. The molecule has 2 aromatic carbocycles. The van der Waals surface area contributed by atoms with Crippen molar-refractivity contribution < 1.29 is 23.5 Å². The van der Waals surface area contributed by atoms with Gasteiger partial charge in [0.05, 0.1) is 17.9 Å². The van der Waals surface area contributed by atoms with Gasteiger partial charge in [-0.1, -0.05) is 6.92 Å². The number of hydroxylamine groups is 1. The first-order chi connectivity index (χ1) is 12.4. The standard InChI is InChI=1S/C18H19F2IN2O3/c1-3-12(9-24)26-23-18(25)13-5-6-14(19)16(20)17(13)22-15-7-4-11(21)8-10(15)2/h4-8,12,22,24H,3,9H2,1-2H3,(H,23,25). The van der Waals surface area contributed by atoms with Crippen molar-refractivity contribution in [1.29, 1.82) is 0 Å². The fourth-order valence-electron chi connectivity index (χ4n) is 2.21. The van der Waals surface area contributed by atoms with Crippen LogP contribution >= 0.6 is 22.6 Å². The highest BCUT2D eigenvalue weighted by molar-refractivity contribution is 14.1. The third-order valence-corrected chi connectivity index (χ3v) is 4.44. The Labute approximate surface area is 163 Å². The van der Waals surface area contributed by atoms with E-state index < -0.39 is 23.6 Å². The molecule has 0 saturated carbocycles. The first-order valence-corrected chi connectivity index (χ1v) is 9.03. The van der Waals surface area contributed by atoms with Crippen molar-refractivity contribution in [3.8, 4) is 0 Å². The molecule has 0 aliphatic heterocycles. The van der Waals surface area contributed by atoms with Crippen LogP contribution in [0.25, 0.3) is 0 Å². The molecular formula is C18H19F2IN2O3. The summed E-state index contributed by atoms with van der Waals surface area (Å²) in [6, 6.07) is 7.44. The fraction of sp³-hybridized carbons (Fsp3) is 0.278. The SMILES string of the molecule is CCC(CO)ONC(=O)c1ccc(F)c(F)c1Nc1ccc(I)cc1C. The zero-order valence-corrected chi connectivity index (χ0v) is 16.4. The van der Waals surface area contributed by atoms with Crippen molar-refractivity contribution in [2.24, 2.45) is 0 Å². The van der Waals surface area contributed by atoms with Crippen molar-refractivity contribution in [1.82, 2.24) is 5.48 Å². The Kier molecular flexibility index (Phi) is 7.30. The Morgan fingerprint density at radius 1 is 1.31 bits per heavy atom. The van der Waals surface area contributed by atoms with Gasteiger partial charge >= 0.3 is 0 Å². The Morgan fingerprint density at radius 2 is 2.04 bits per heavy atom. The van der Waals surface area contributed by atoms with Gasteiger partial charge in [-0.3, -0.25) is 9.63 Å². The van der Waals surface area contributed by atoms with Crippen molar-refractivity contribution in [3.05, 3.63) is 56.7 Å². The summed E-state index contributed by atoms with van der Waals surface area (Å²) < 4.78 is 29.0. The molecule has 5 nitrogen and oxygen atoms in total. The molecule has 0 heterocycles. The summed E-state index contributed by atoms with van der Waals surface area (Å²) in [5.41, 5.74) is 3.13. The van der Waals surface area contributed by atoms with Gasteiger partial charge in [0.2, 0.25) is 0 Å². The number of nitrogens with one attached hydrogen (secondary N) is 2. The van der Waals surface area contributed by atoms with E-state index in [1.165, 1.54) is 6.07 Å². The topological polar surface area (TPSA) is 70.6 Å². The molecule has 2 rings (SSSR count). The van der Waals surface area contributed by atoms with Crippen LogP contribution in [0.2, 0.25) is 0 Å². The van der Waals surface area contributed by atoms with E-state index in [1.54, 1.807) is 13.0 Å². The number of aliphatic hydroxyl groups excluding tert-OH is 1. The molecule has 2 aromatic rings. The van der Waals surface area contributed by atoms with Gasteiger partial charge in [0.1, 0.15) is 6.10 Å². The molecule has 26 heavy (non-hydrogen) atoms. The quantitative estimate of drug-likeness (QED) is 0.417. The van der Waals surface area contributed by atoms with Crippen molar-refractivity contribution in [2.75, 3.05) is 11.9 Å². The normalized spacial score (nSPS) is 11.9. The Hall–Kier alpha value is -1.78. The predicted octanol–water partition coefficient (Wildman–Crippen LogP) is 4.05. The molecule has 0 aliphatic rings. The maximum Gasteiger partial charge on any atom is 0.277 e. The molecule has 8 heteroatoms. The second kappa shape index (κ2) is 9.24. The summed E-state index contributed by atoms with van der Waals surface area (Å²) in [5.74, 6) is -2.99. The number of rotatable bonds is 7. The molecule has 0 aliphatic carbocycles. The third-order valence-electron chi connectivity index (χ3n) is 3.76. The van der Waals surface area contributed by atoms with E-state index in [4.69, 9.17) is 9.94 Å². The molecule has 1 unspecified atom stereocenters. The van der Waals surface area contributed by atoms with Crippen LogP contribution in [-0.2, 0) is 4.84 Å². The average molecular weight is 476 g/mol.